The van der Waals surface area contributed by atoms with E-state index < -0.39 is 6.04 Å². The van der Waals surface area contributed by atoms with Crippen LogP contribution in [0.25, 0.3) is 0 Å². The van der Waals surface area contributed by atoms with Crippen LogP contribution in [0.2, 0.25) is 0 Å². The lowest BCUT2D eigenvalue weighted by Crippen LogP contribution is -2.31. The number of hydrogen-bond donors (Lipinski definition) is 1. The highest BCUT2D eigenvalue weighted by Crippen LogP contribution is 2.20. The Morgan fingerprint density at radius 2 is 1.45 bits per heavy atom. The molecule has 2 aromatic rings. The monoisotopic (exact) mass is 269 g/mol. The molecule has 2 aromatic carbocycles. The van der Waals surface area contributed by atoms with E-state index in [1.807, 2.05) is 67.6 Å². The first-order valence-corrected chi connectivity index (χ1v) is 6.66. The maximum Gasteiger partial charge on any atom is 0.327 e. The molecule has 3 nitrogen and oxygen atoms in total. The van der Waals surface area contributed by atoms with Crippen molar-refractivity contribution < 1.29 is 9.53 Å². The van der Waals surface area contributed by atoms with Gasteiger partial charge in [0, 0.05) is 6.04 Å². The minimum absolute atomic E-state index is 0.0560. The van der Waals surface area contributed by atoms with Crippen molar-refractivity contribution >= 4 is 5.97 Å². The van der Waals surface area contributed by atoms with Crippen LogP contribution >= 0.6 is 0 Å². The molecule has 1 N–H and O–H groups in total. The molecule has 0 unspecified atom stereocenters. The number of carbonyl (C=O) groups excluding carboxylic acids is 1. The van der Waals surface area contributed by atoms with E-state index in [9.17, 15) is 4.79 Å². The van der Waals surface area contributed by atoms with Crippen molar-refractivity contribution in [3.05, 3.63) is 71.8 Å². The summed E-state index contributed by atoms with van der Waals surface area (Å²) in [6.45, 7) is 2.04. The Hall–Kier alpha value is -2.13. The molecule has 0 saturated carbocycles. The molecule has 0 fully saturated rings. The van der Waals surface area contributed by atoms with Crippen molar-refractivity contribution in [2.75, 3.05) is 7.11 Å². The van der Waals surface area contributed by atoms with Crippen LogP contribution in [0, 0.1) is 0 Å². The van der Waals surface area contributed by atoms with Crippen molar-refractivity contribution in [2.24, 2.45) is 0 Å². The van der Waals surface area contributed by atoms with Gasteiger partial charge >= 0.3 is 5.97 Å². The number of rotatable bonds is 5. The summed E-state index contributed by atoms with van der Waals surface area (Å²) in [6, 6.07) is 19.2. The zero-order valence-electron chi connectivity index (χ0n) is 11.7. The lowest BCUT2D eigenvalue weighted by Gasteiger charge is -2.22. The topological polar surface area (TPSA) is 38.3 Å². The molecule has 0 radical (unpaired) electrons. The minimum atomic E-state index is -0.462. The molecule has 2 atom stereocenters. The highest BCUT2D eigenvalue weighted by molar-refractivity contribution is 5.77. The molecule has 0 heterocycles. The van der Waals surface area contributed by atoms with Crippen LogP contribution in [0.5, 0.6) is 0 Å². The van der Waals surface area contributed by atoms with Gasteiger partial charge in [-0.25, -0.2) is 4.79 Å². The largest absolute Gasteiger partial charge is 0.468 e. The average Bonchev–Trinajstić information content (AvgIpc) is 2.53. The molecule has 0 aliphatic rings. The second kappa shape index (κ2) is 6.87. The minimum Gasteiger partial charge on any atom is -0.468 e. The summed E-state index contributed by atoms with van der Waals surface area (Å²) < 4.78 is 4.90. The number of carbonyl (C=O) groups is 1. The average molecular weight is 269 g/mol. The van der Waals surface area contributed by atoms with Gasteiger partial charge in [-0.1, -0.05) is 60.7 Å². The third kappa shape index (κ3) is 3.45. The lowest BCUT2D eigenvalue weighted by molar-refractivity contribution is -0.143. The fourth-order valence-corrected chi connectivity index (χ4v) is 2.15. The molecule has 0 aliphatic carbocycles. The molecule has 104 valence electrons. The Morgan fingerprint density at radius 3 is 1.95 bits per heavy atom. The van der Waals surface area contributed by atoms with Gasteiger partial charge in [0.25, 0.3) is 0 Å². The van der Waals surface area contributed by atoms with Crippen molar-refractivity contribution in [3.8, 4) is 0 Å². The van der Waals surface area contributed by atoms with Gasteiger partial charge in [-0.15, -0.1) is 0 Å². The smallest absolute Gasteiger partial charge is 0.327 e. The molecule has 3 heteroatoms. The number of hydrogen-bond acceptors (Lipinski definition) is 3. The van der Waals surface area contributed by atoms with Crippen LogP contribution in [0.3, 0.4) is 0 Å². The van der Waals surface area contributed by atoms with E-state index >= 15 is 0 Å². The lowest BCUT2D eigenvalue weighted by atomic mass is 10.0. The molecule has 0 bridgehead atoms. The summed E-state index contributed by atoms with van der Waals surface area (Å²) in [4.78, 5) is 12.0. The van der Waals surface area contributed by atoms with E-state index in [1.54, 1.807) is 0 Å². The van der Waals surface area contributed by atoms with Crippen LogP contribution in [0.15, 0.2) is 60.7 Å². The second-order valence-corrected chi connectivity index (χ2v) is 4.67. The Bertz CT molecular complexity index is 539. The van der Waals surface area contributed by atoms with Gasteiger partial charge in [0.05, 0.1) is 7.11 Å². The highest BCUT2D eigenvalue weighted by atomic mass is 16.5. The normalized spacial score (nSPS) is 13.5. The predicted molar refractivity (Wildman–Crippen MR) is 79.2 cm³/mol. The SMILES string of the molecule is COC(=O)[C@@H](N[C@@H](C)c1ccccc1)c1ccccc1. The van der Waals surface area contributed by atoms with E-state index in [2.05, 4.69) is 5.32 Å². The molecule has 0 saturated heterocycles. The quantitative estimate of drug-likeness (QED) is 0.847. The third-order valence-electron chi connectivity index (χ3n) is 3.29. The third-order valence-corrected chi connectivity index (χ3v) is 3.29. The zero-order valence-corrected chi connectivity index (χ0v) is 11.7. The van der Waals surface area contributed by atoms with Gasteiger partial charge in [0.15, 0.2) is 0 Å². The first-order chi connectivity index (χ1) is 9.72. The van der Waals surface area contributed by atoms with Gasteiger partial charge in [0.1, 0.15) is 6.04 Å². The Balaban J connectivity index is 2.19. The van der Waals surface area contributed by atoms with Crippen molar-refractivity contribution in [1.29, 1.82) is 0 Å². The van der Waals surface area contributed by atoms with Crippen molar-refractivity contribution in [1.82, 2.24) is 5.32 Å². The molecule has 0 spiro atoms. The summed E-state index contributed by atoms with van der Waals surface area (Å²) in [5.41, 5.74) is 2.04. The fraction of sp³-hybridized carbons (Fsp3) is 0.235. The van der Waals surface area contributed by atoms with Crippen LogP contribution in [0.4, 0.5) is 0 Å². The molecule has 0 aromatic heterocycles. The standard InChI is InChI=1S/C17H19NO2/c1-13(14-9-5-3-6-10-14)18-16(17(19)20-2)15-11-7-4-8-12-15/h3-13,16,18H,1-2H3/t13-,16-/m0/s1. The number of esters is 1. The van der Waals surface area contributed by atoms with E-state index in [1.165, 1.54) is 7.11 Å². The van der Waals surface area contributed by atoms with Crippen molar-refractivity contribution in [3.63, 3.8) is 0 Å². The van der Waals surface area contributed by atoms with Crippen molar-refractivity contribution in [2.45, 2.75) is 19.0 Å². The maximum atomic E-state index is 12.0. The molecular formula is C17H19NO2. The molecule has 2 rings (SSSR count). The number of nitrogens with one attached hydrogen (secondary N) is 1. The number of benzene rings is 2. The Labute approximate surface area is 119 Å². The van der Waals surface area contributed by atoms with Gasteiger partial charge in [-0.05, 0) is 18.1 Å². The first-order valence-electron chi connectivity index (χ1n) is 6.66. The van der Waals surface area contributed by atoms with Crippen LogP contribution < -0.4 is 5.32 Å². The van der Waals surface area contributed by atoms with E-state index in [0.717, 1.165) is 11.1 Å². The van der Waals surface area contributed by atoms with Gasteiger partial charge in [0.2, 0.25) is 0 Å². The Morgan fingerprint density at radius 1 is 0.950 bits per heavy atom. The summed E-state index contributed by atoms with van der Waals surface area (Å²) in [6.07, 6.45) is 0. The summed E-state index contributed by atoms with van der Waals surface area (Å²) >= 11 is 0. The van der Waals surface area contributed by atoms with Crippen LogP contribution in [0.1, 0.15) is 30.1 Å². The number of methoxy groups -OCH3 is 1. The van der Waals surface area contributed by atoms with Gasteiger partial charge in [-0.2, -0.15) is 0 Å². The zero-order chi connectivity index (χ0) is 14.4. The van der Waals surface area contributed by atoms with Gasteiger partial charge in [-0.3, -0.25) is 5.32 Å². The summed E-state index contributed by atoms with van der Waals surface area (Å²) in [7, 11) is 1.41. The van der Waals surface area contributed by atoms with E-state index in [0.29, 0.717) is 0 Å². The van der Waals surface area contributed by atoms with Crippen LogP contribution in [-0.2, 0) is 9.53 Å². The molecule has 0 aliphatic heterocycles. The molecular weight excluding hydrogens is 250 g/mol. The molecule has 20 heavy (non-hydrogen) atoms. The van der Waals surface area contributed by atoms with E-state index in [-0.39, 0.29) is 12.0 Å². The second-order valence-electron chi connectivity index (χ2n) is 4.67. The predicted octanol–water partition coefficient (Wildman–Crippen LogP) is 3.25. The maximum absolute atomic E-state index is 12.0. The van der Waals surface area contributed by atoms with Crippen LogP contribution in [-0.4, -0.2) is 13.1 Å². The van der Waals surface area contributed by atoms with Gasteiger partial charge < -0.3 is 4.74 Å². The Kier molecular flexibility index (Phi) is 4.91. The first kappa shape index (κ1) is 14.3. The fourth-order valence-electron chi connectivity index (χ4n) is 2.15. The highest BCUT2D eigenvalue weighted by Gasteiger charge is 2.23. The summed E-state index contributed by atoms with van der Waals surface area (Å²) in [5, 5.41) is 3.33. The number of ether oxygens (including phenoxy) is 1. The van der Waals surface area contributed by atoms with E-state index in [4.69, 9.17) is 4.74 Å². The molecule has 0 amide bonds. The summed E-state index contributed by atoms with van der Waals surface area (Å²) in [5.74, 6) is -0.279.